The van der Waals surface area contributed by atoms with Crippen LogP contribution < -0.4 is 10.6 Å². The van der Waals surface area contributed by atoms with E-state index in [4.69, 9.17) is 15.1 Å². The Morgan fingerprint density at radius 1 is 1.03 bits per heavy atom. The normalized spacial score (nSPS) is 14.7. The summed E-state index contributed by atoms with van der Waals surface area (Å²) in [7, 11) is 1.90. The molecule has 5 aromatic heterocycles. The number of piperazine rings is 1. The molecule has 39 heavy (non-hydrogen) atoms. The van der Waals surface area contributed by atoms with Gasteiger partial charge < -0.3 is 19.6 Å². The highest BCUT2D eigenvalue weighted by Crippen LogP contribution is 2.26. The largest absolute Gasteiger partial charge is 0.449 e. The zero-order valence-electron chi connectivity index (χ0n) is 21.8. The molecular formula is C26H28N12O. The molecule has 0 bridgehead atoms. The molecule has 0 spiro atoms. The molecule has 6 aromatic rings. The molecule has 13 heteroatoms. The number of hydrogen-bond acceptors (Lipinski definition) is 10. The Bertz CT molecular complexity index is 1790. The predicted molar refractivity (Wildman–Crippen MR) is 146 cm³/mol. The van der Waals surface area contributed by atoms with E-state index < -0.39 is 0 Å². The van der Waals surface area contributed by atoms with Crippen LogP contribution in [-0.2, 0) is 13.6 Å². The molecule has 0 amide bonds. The van der Waals surface area contributed by atoms with Gasteiger partial charge >= 0.3 is 0 Å². The molecule has 7 rings (SSSR count). The van der Waals surface area contributed by atoms with Crippen LogP contribution in [0.5, 0.6) is 0 Å². The van der Waals surface area contributed by atoms with Crippen molar-refractivity contribution >= 4 is 28.3 Å². The Morgan fingerprint density at radius 2 is 1.90 bits per heavy atom. The minimum atomic E-state index is 0.267. The summed E-state index contributed by atoms with van der Waals surface area (Å²) >= 11 is 0. The van der Waals surface area contributed by atoms with E-state index in [9.17, 15) is 0 Å². The Labute approximate surface area is 223 Å². The van der Waals surface area contributed by atoms with Crippen molar-refractivity contribution in [2.24, 2.45) is 7.05 Å². The maximum atomic E-state index is 6.27. The maximum absolute atomic E-state index is 6.27. The first-order valence-corrected chi connectivity index (χ1v) is 12.9. The van der Waals surface area contributed by atoms with Gasteiger partial charge in [0.15, 0.2) is 23.0 Å². The molecule has 0 radical (unpaired) electrons. The van der Waals surface area contributed by atoms with E-state index in [1.165, 1.54) is 5.69 Å². The van der Waals surface area contributed by atoms with Crippen LogP contribution in [0.1, 0.15) is 5.89 Å². The number of benzene rings is 1. The van der Waals surface area contributed by atoms with Crippen molar-refractivity contribution in [3.63, 3.8) is 0 Å². The standard InChI is InChI=1S/C26H28N12O/c1-17-30-21(16-39-17)18-4-3-5-19(14-18)36-11-8-35(9-12-36)10-13-37-23-20(15-29-37)24-31-22(25-28-6-7-34(25)2)33-38(24)26(27)32-23/h3-7,14-16H,8-13H2,1-2H3,(H2,27,32). The second-order valence-electron chi connectivity index (χ2n) is 9.74. The van der Waals surface area contributed by atoms with Crippen molar-refractivity contribution in [1.29, 1.82) is 0 Å². The topological polar surface area (TPSA) is 137 Å². The summed E-state index contributed by atoms with van der Waals surface area (Å²) in [6.45, 7) is 7.24. The molecule has 0 saturated carbocycles. The van der Waals surface area contributed by atoms with Crippen molar-refractivity contribution in [2.45, 2.75) is 13.5 Å². The number of nitrogens with two attached hydrogens (primary N) is 1. The first kappa shape index (κ1) is 23.3. The molecule has 1 aromatic carbocycles. The molecule has 2 N–H and O–H groups in total. The Kier molecular flexibility index (Phi) is 5.51. The number of aryl methyl sites for hydroxylation is 2. The highest BCUT2D eigenvalue weighted by Gasteiger charge is 2.21. The summed E-state index contributed by atoms with van der Waals surface area (Å²) in [5.41, 5.74) is 10.7. The number of rotatable bonds is 6. The van der Waals surface area contributed by atoms with Gasteiger partial charge in [0.05, 0.1) is 18.1 Å². The quantitative estimate of drug-likeness (QED) is 0.345. The van der Waals surface area contributed by atoms with Gasteiger partial charge in [-0.3, -0.25) is 4.90 Å². The molecular weight excluding hydrogens is 496 g/mol. The number of hydrogen-bond donors (Lipinski definition) is 1. The number of oxazole rings is 1. The monoisotopic (exact) mass is 524 g/mol. The van der Waals surface area contributed by atoms with Crippen LogP contribution in [0, 0.1) is 6.92 Å². The van der Waals surface area contributed by atoms with Crippen molar-refractivity contribution in [2.75, 3.05) is 43.4 Å². The number of aromatic nitrogens is 9. The summed E-state index contributed by atoms with van der Waals surface area (Å²) < 4.78 is 10.7. The van der Waals surface area contributed by atoms with Crippen LogP contribution in [0.15, 0.2) is 53.5 Å². The average molecular weight is 525 g/mol. The summed E-state index contributed by atoms with van der Waals surface area (Å²) in [6.07, 6.45) is 7.07. The smallest absolute Gasteiger partial charge is 0.225 e. The Hall–Kier alpha value is -4.78. The lowest BCUT2D eigenvalue weighted by molar-refractivity contribution is 0.245. The molecule has 0 unspecified atom stereocenters. The zero-order valence-corrected chi connectivity index (χ0v) is 21.8. The van der Waals surface area contributed by atoms with Crippen LogP contribution in [-0.4, -0.2) is 81.5 Å². The van der Waals surface area contributed by atoms with E-state index >= 15 is 0 Å². The lowest BCUT2D eigenvalue weighted by atomic mass is 10.1. The fraction of sp³-hybridized carbons (Fsp3) is 0.308. The van der Waals surface area contributed by atoms with Crippen LogP contribution >= 0.6 is 0 Å². The van der Waals surface area contributed by atoms with E-state index in [-0.39, 0.29) is 5.95 Å². The van der Waals surface area contributed by atoms with Crippen LogP contribution in [0.3, 0.4) is 0 Å². The highest BCUT2D eigenvalue weighted by molar-refractivity contribution is 5.90. The summed E-state index contributed by atoms with van der Waals surface area (Å²) in [6, 6.07) is 8.49. The fourth-order valence-electron chi connectivity index (χ4n) is 5.12. The molecule has 198 valence electrons. The summed E-state index contributed by atoms with van der Waals surface area (Å²) in [5.74, 6) is 2.10. The van der Waals surface area contributed by atoms with Crippen molar-refractivity contribution < 1.29 is 4.42 Å². The predicted octanol–water partition coefficient (Wildman–Crippen LogP) is 2.24. The van der Waals surface area contributed by atoms with Crippen molar-refractivity contribution in [1.82, 2.24) is 48.8 Å². The van der Waals surface area contributed by atoms with Gasteiger partial charge in [0, 0.05) is 70.3 Å². The van der Waals surface area contributed by atoms with E-state index in [0.717, 1.165) is 49.4 Å². The van der Waals surface area contributed by atoms with Gasteiger partial charge in [0.25, 0.3) is 0 Å². The van der Waals surface area contributed by atoms with Gasteiger partial charge in [-0.1, -0.05) is 12.1 Å². The Morgan fingerprint density at radius 3 is 2.67 bits per heavy atom. The number of nitrogens with zero attached hydrogens (tertiary/aromatic N) is 11. The molecule has 1 fully saturated rings. The SMILES string of the molecule is Cc1nc(-c2cccc(N3CCN(CCn4ncc5c4nc(N)n4nc(-c6nccn6C)nc54)CC3)c2)co1. The third-order valence-corrected chi connectivity index (χ3v) is 7.24. The van der Waals surface area contributed by atoms with E-state index in [2.05, 4.69) is 59.2 Å². The molecule has 0 aliphatic carbocycles. The minimum Gasteiger partial charge on any atom is -0.449 e. The fourth-order valence-corrected chi connectivity index (χ4v) is 5.12. The van der Waals surface area contributed by atoms with Gasteiger partial charge in [-0.05, 0) is 12.1 Å². The molecule has 1 saturated heterocycles. The number of fused-ring (bicyclic) bond motifs is 3. The lowest BCUT2D eigenvalue weighted by Gasteiger charge is -2.36. The number of anilines is 2. The molecule has 13 nitrogen and oxygen atoms in total. The van der Waals surface area contributed by atoms with Crippen LogP contribution in [0.25, 0.3) is 39.6 Å². The van der Waals surface area contributed by atoms with Gasteiger partial charge in [-0.25, -0.2) is 19.6 Å². The Balaban J connectivity index is 1.04. The molecule has 6 heterocycles. The molecule has 1 aliphatic heterocycles. The molecule has 1 aliphatic rings. The minimum absolute atomic E-state index is 0.267. The van der Waals surface area contributed by atoms with Crippen LogP contribution in [0.2, 0.25) is 0 Å². The van der Waals surface area contributed by atoms with Gasteiger partial charge in [-0.2, -0.15) is 14.6 Å². The summed E-state index contributed by atoms with van der Waals surface area (Å²) in [5, 5.41) is 9.95. The second-order valence-corrected chi connectivity index (χ2v) is 9.74. The average Bonchev–Trinajstić information content (AvgIpc) is 3.75. The first-order chi connectivity index (χ1) is 19.0. The zero-order chi connectivity index (χ0) is 26.5. The van der Waals surface area contributed by atoms with Gasteiger partial charge in [0.2, 0.25) is 11.8 Å². The second kappa shape index (κ2) is 9.20. The molecule has 0 atom stereocenters. The first-order valence-electron chi connectivity index (χ1n) is 12.9. The highest BCUT2D eigenvalue weighted by atomic mass is 16.3. The maximum Gasteiger partial charge on any atom is 0.225 e. The third kappa shape index (κ3) is 4.16. The van der Waals surface area contributed by atoms with E-state index in [0.29, 0.717) is 35.4 Å². The van der Waals surface area contributed by atoms with E-state index in [1.807, 2.05) is 29.4 Å². The number of nitrogen functional groups attached to an aromatic ring is 1. The van der Waals surface area contributed by atoms with E-state index in [1.54, 1.807) is 23.2 Å². The summed E-state index contributed by atoms with van der Waals surface area (Å²) in [4.78, 5) is 23.0. The van der Waals surface area contributed by atoms with Crippen molar-refractivity contribution in [3.8, 4) is 22.9 Å². The third-order valence-electron chi connectivity index (χ3n) is 7.24. The lowest BCUT2D eigenvalue weighted by Crippen LogP contribution is -2.47. The van der Waals surface area contributed by atoms with Crippen LogP contribution in [0.4, 0.5) is 11.6 Å². The van der Waals surface area contributed by atoms with Crippen molar-refractivity contribution in [3.05, 3.63) is 55.0 Å². The van der Waals surface area contributed by atoms with Gasteiger partial charge in [-0.15, -0.1) is 5.10 Å². The van der Waals surface area contributed by atoms with Gasteiger partial charge in [0.1, 0.15) is 12.0 Å². The number of imidazole rings is 1.